The van der Waals surface area contributed by atoms with Gasteiger partial charge in [0.15, 0.2) is 0 Å². The normalized spacial score (nSPS) is 43.4. The lowest BCUT2D eigenvalue weighted by atomic mass is 9.53. The second-order valence-electron chi connectivity index (χ2n) is 6.90. The lowest BCUT2D eigenvalue weighted by molar-refractivity contribution is -0.175. The van der Waals surface area contributed by atoms with Crippen molar-refractivity contribution in [3.05, 3.63) is 0 Å². The van der Waals surface area contributed by atoms with E-state index < -0.39 is 11.2 Å². The first-order chi connectivity index (χ1) is 7.66. The summed E-state index contributed by atoms with van der Waals surface area (Å²) in [5.41, 5.74) is -1.80. The summed E-state index contributed by atoms with van der Waals surface area (Å²) in [6.07, 6.45) is 4.07. The maximum absolute atomic E-state index is 11.6. The van der Waals surface area contributed by atoms with E-state index >= 15 is 0 Å². The van der Waals surface area contributed by atoms with Crippen LogP contribution in [0, 0.1) is 11.3 Å². The molecule has 0 unspecified atom stereocenters. The Morgan fingerprint density at radius 2 is 2.00 bits per heavy atom. The molecule has 0 aromatic heterocycles. The fourth-order valence-corrected chi connectivity index (χ4v) is 3.56. The minimum absolute atomic E-state index is 0.0893. The van der Waals surface area contributed by atoms with Crippen LogP contribution in [0.15, 0.2) is 0 Å². The summed E-state index contributed by atoms with van der Waals surface area (Å²) in [4.78, 5) is 11.6. The van der Waals surface area contributed by atoms with Gasteiger partial charge in [0.05, 0.1) is 11.2 Å². The van der Waals surface area contributed by atoms with E-state index in [-0.39, 0.29) is 23.5 Å². The predicted molar refractivity (Wildman–Crippen MR) is 65.6 cm³/mol. The van der Waals surface area contributed by atoms with Crippen molar-refractivity contribution in [2.24, 2.45) is 11.3 Å². The Bertz CT molecular complexity index is 331. The molecule has 0 amide bonds. The number of ketones is 1. The van der Waals surface area contributed by atoms with Gasteiger partial charge in [-0.2, -0.15) is 0 Å². The van der Waals surface area contributed by atoms with Gasteiger partial charge < -0.3 is 10.2 Å². The molecular formula is C14H24O3. The molecule has 2 saturated carbocycles. The first kappa shape index (κ1) is 13.0. The molecule has 3 nitrogen and oxygen atoms in total. The van der Waals surface area contributed by atoms with E-state index in [0.717, 1.165) is 19.3 Å². The Kier molecular flexibility index (Phi) is 2.91. The van der Waals surface area contributed by atoms with E-state index in [9.17, 15) is 15.0 Å². The number of hydrogen-bond acceptors (Lipinski definition) is 3. The third-order valence-corrected chi connectivity index (χ3v) is 5.20. The molecule has 0 saturated heterocycles. The highest BCUT2D eigenvalue weighted by Gasteiger charge is 2.55. The maximum atomic E-state index is 11.6. The molecule has 2 rings (SSSR count). The van der Waals surface area contributed by atoms with E-state index in [2.05, 4.69) is 6.92 Å². The van der Waals surface area contributed by atoms with E-state index in [1.165, 1.54) is 0 Å². The molecule has 98 valence electrons. The molecule has 0 aromatic rings. The van der Waals surface area contributed by atoms with Gasteiger partial charge in [-0.3, -0.25) is 4.79 Å². The van der Waals surface area contributed by atoms with Crippen LogP contribution in [0.3, 0.4) is 0 Å². The minimum atomic E-state index is -0.898. The van der Waals surface area contributed by atoms with Gasteiger partial charge in [0.2, 0.25) is 0 Å². The molecule has 17 heavy (non-hydrogen) atoms. The Balaban J connectivity index is 2.23. The minimum Gasteiger partial charge on any atom is -0.390 e. The van der Waals surface area contributed by atoms with Gasteiger partial charge in [-0.1, -0.05) is 6.92 Å². The summed E-state index contributed by atoms with van der Waals surface area (Å²) >= 11 is 0. The van der Waals surface area contributed by atoms with Gasteiger partial charge in [0.1, 0.15) is 5.78 Å². The molecular weight excluding hydrogens is 216 g/mol. The van der Waals surface area contributed by atoms with Crippen LogP contribution in [0.2, 0.25) is 0 Å². The first-order valence-electron chi connectivity index (χ1n) is 6.63. The number of rotatable bonds is 1. The molecule has 0 heterocycles. The third-order valence-electron chi connectivity index (χ3n) is 5.20. The van der Waals surface area contributed by atoms with Crippen molar-refractivity contribution in [3.8, 4) is 0 Å². The van der Waals surface area contributed by atoms with Crippen molar-refractivity contribution in [3.63, 3.8) is 0 Å². The van der Waals surface area contributed by atoms with Gasteiger partial charge in [0, 0.05) is 12.8 Å². The van der Waals surface area contributed by atoms with Crippen LogP contribution in [0.1, 0.15) is 59.3 Å². The second kappa shape index (κ2) is 3.79. The molecule has 0 radical (unpaired) electrons. The Morgan fingerprint density at radius 3 is 2.59 bits per heavy atom. The van der Waals surface area contributed by atoms with Crippen LogP contribution < -0.4 is 0 Å². The molecule has 3 atom stereocenters. The highest BCUT2D eigenvalue weighted by molar-refractivity contribution is 5.80. The number of fused-ring (bicyclic) bond motifs is 1. The smallest absolute Gasteiger partial charge is 0.135 e. The number of carbonyl (C=O) groups excluding carboxylic acids is 1. The number of Topliss-reactive ketones (excluding diaryl/α,β-unsaturated/α-hetero) is 1. The molecule has 2 aliphatic carbocycles. The average Bonchev–Trinajstić information content (AvgIpc) is 2.17. The van der Waals surface area contributed by atoms with Gasteiger partial charge in [-0.05, 0) is 50.9 Å². The van der Waals surface area contributed by atoms with Crippen molar-refractivity contribution in [1.82, 2.24) is 0 Å². The first-order valence-corrected chi connectivity index (χ1v) is 6.63. The zero-order valence-electron chi connectivity index (χ0n) is 11.1. The number of carbonyl (C=O) groups is 1. The number of aliphatic hydroxyl groups is 2. The van der Waals surface area contributed by atoms with Crippen LogP contribution in [0.25, 0.3) is 0 Å². The van der Waals surface area contributed by atoms with Crippen LogP contribution in [-0.4, -0.2) is 27.2 Å². The van der Waals surface area contributed by atoms with Crippen LogP contribution in [-0.2, 0) is 4.79 Å². The molecule has 2 fully saturated rings. The highest BCUT2D eigenvalue weighted by atomic mass is 16.3. The van der Waals surface area contributed by atoms with E-state index in [1.807, 2.05) is 0 Å². The Labute approximate surface area is 103 Å². The fourth-order valence-electron chi connectivity index (χ4n) is 3.56. The largest absolute Gasteiger partial charge is 0.390 e. The van der Waals surface area contributed by atoms with Crippen molar-refractivity contribution in [2.75, 3.05) is 0 Å². The molecule has 2 aliphatic rings. The van der Waals surface area contributed by atoms with Crippen molar-refractivity contribution in [2.45, 2.75) is 70.5 Å². The van der Waals surface area contributed by atoms with E-state index in [1.54, 1.807) is 13.8 Å². The van der Waals surface area contributed by atoms with Crippen molar-refractivity contribution in [1.29, 1.82) is 0 Å². The van der Waals surface area contributed by atoms with Gasteiger partial charge in [-0.25, -0.2) is 0 Å². The fraction of sp³-hybridized carbons (Fsp3) is 0.929. The Hall–Kier alpha value is -0.410. The summed E-state index contributed by atoms with van der Waals surface area (Å²) in [5.74, 6) is 0.257. The quantitative estimate of drug-likeness (QED) is 0.737. The summed E-state index contributed by atoms with van der Waals surface area (Å²) in [6.45, 7) is 5.70. The summed E-state index contributed by atoms with van der Waals surface area (Å²) in [6, 6.07) is 0. The highest BCUT2D eigenvalue weighted by Crippen LogP contribution is 2.55. The monoisotopic (exact) mass is 240 g/mol. The van der Waals surface area contributed by atoms with Gasteiger partial charge >= 0.3 is 0 Å². The maximum Gasteiger partial charge on any atom is 0.135 e. The molecule has 0 aliphatic heterocycles. The number of hydrogen-bond donors (Lipinski definition) is 2. The summed E-state index contributed by atoms with van der Waals surface area (Å²) in [5, 5.41) is 20.9. The standard InChI is InChI=1S/C14H24O3/c1-12(2,16)10-4-6-13(3)7-5-11(15)9-14(13,17)8-10/h10,16-17H,4-9H2,1-3H3/t10-,13-,14-/m1/s1. The molecule has 0 aromatic carbocycles. The predicted octanol–water partition coefficient (Wildman–Crippen LogP) is 2.05. The van der Waals surface area contributed by atoms with Crippen molar-refractivity contribution >= 4 is 5.78 Å². The molecule has 3 heteroatoms. The molecule has 2 N–H and O–H groups in total. The SMILES string of the molecule is CC(C)(O)[C@@H]1CC[C@]2(C)CCC(=O)C[C@]2(O)C1. The van der Waals surface area contributed by atoms with E-state index in [4.69, 9.17) is 0 Å². The average molecular weight is 240 g/mol. The summed E-state index contributed by atoms with van der Waals surface area (Å²) < 4.78 is 0. The Morgan fingerprint density at radius 1 is 1.35 bits per heavy atom. The van der Waals surface area contributed by atoms with Gasteiger partial charge in [0.25, 0.3) is 0 Å². The van der Waals surface area contributed by atoms with E-state index in [0.29, 0.717) is 12.8 Å². The molecule has 0 spiro atoms. The molecule has 0 bridgehead atoms. The second-order valence-corrected chi connectivity index (χ2v) is 6.90. The lowest BCUT2D eigenvalue weighted by Crippen LogP contribution is -2.57. The van der Waals surface area contributed by atoms with Crippen LogP contribution >= 0.6 is 0 Å². The van der Waals surface area contributed by atoms with Crippen LogP contribution in [0.4, 0.5) is 0 Å². The third kappa shape index (κ3) is 2.15. The zero-order chi connectivity index (χ0) is 12.9. The van der Waals surface area contributed by atoms with Crippen molar-refractivity contribution < 1.29 is 15.0 Å². The topological polar surface area (TPSA) is 57.5 Å². The lowest BCUT2D eigenvalue weighted by Gasteiger charge is -2.55. The zero-order valence-corrected chi connectivity index (χ0v) is 11.1. The van der Waals surface area contributed by atoms with Gasteiger partial charge in [-0.15, -0.1) is 0 Å². The van der Waals surface area contributed by atoms with Crippen LogP contribution in [0.5, 0.6) is 0 Å². The summed E-state index contributed by atoms with van der Waals surface area (Å²) in [7, 11) is 0.